The van der Waals surface area contributed by atoms with Crippen molar-refractivity contribution in [3.63, 3.8) is 0 Å². The standard InChI is InChI=1S/C43H67N3O5S/c1-9-36-39(5,6)34(31-11-13-32(14-12-31)38(48)49)17-18-41(36,8)33-15-16-35-37(43(28-45-43)29(3)27-47)42(10-2,20-19-40(35,7)30(33)4)44-21-22-46-23-25-52(50,51)26-24-46/h11-14,17,28-30,33,35-37,44,47H,9-10,15-16,18-27H2,1-8H3,(H,48,49). The zero-order valence-corrected chi connectivity index (χ0v) is 34.1. The van der Waals surface area contributed by atoms with E-state index in [1.807, 2.05) is 12.1 Å². The molecule has 2 saturated carbocycles. The second kappa shape index (κ2) is 14.2. The van der Waals surface area contributed by atoms with Crippen LogP contribution in [-0.2, 0) is 9.84 Å². The van der Waals surface area contributed by atoms with Gasteiger partial charge in [0.05, 0.1) is 17.1 Å². The van der Waals surface area contributed by atoms with Crippen molar-refractivity contribution in [1.82, 2.24) is 10.2 Å². The molecule has 0 amide bonds. The van der Waals surface area contributed by atoms with E-state index >= 15 is 0 Å². The molecule has 6 rings (SSSR count). The van der Waals surface area contributed by atoms with Crippen LogP contribution in [0.25, 0.3) is 5.57 Å². The fourth-order valence-corrected chi connectivity index (χ4v) is 14.2. The first-order valence-corrected chi connectivity index (χ1v) is 22.2. The molecular weight excluding hydrogens is 671 g/mol. The van der Waals surface area contributed by atoms with Gasteiger partial charge in [-0.2, -0.15) is 0 Å². The number of allylic oxidation sites excluding steroid dienone is 2. The molecule has 3 fully saturated rings. The molecule has 0 spiro atoms. The zero-order valence-electron chi connectivity index (χ0n) is 33.2. The number of fused-ring (bicyclic) bond motifs is 1. The maximum absolute atomic E-state index is 12.1. The number of aliphatic hydroxyl groups excluding tert-OH is 1. The fourth-order valence-electron chi connectivity index (χ4n) is 12.9. The summed E-state index contributed by atoms with van der Waals surface area (Å²) >= 11 is 0. The third kappa shape index (κ3) is 6.55. The number of carboxylic acid groups (broad SMARTS) is 1. The quantitative estimate of drug-likeness (QED) is 0.207. The number of sulfone groups is 1. The molecule has 3 aliphatic carbocycles. The van der Waals surface area contributed by atoms with Crippen molar-refractivity contribution in [2.75, 3.05) is 44.3 Å². The number of nitrogens with one attached hydrogen (secondary N) is 1. The first-order chi connectivity index (χ1) is 24.4. The molecule has 1 aromatic carbocycles. The van der Waals surface area contributed by atoms with E-state index in [9.17, 15) is 23.4 Å². The van der Waals surface area contributed by atoms with Gasteiger partial charge in [-0.15, -0.1) is 0 Å². The summed E-state index contributed by atoms with van der Waals surface area (Å²) in [6.07, 6.45) is 12.4. The molecule has 5 aliphatic rings. The smallest absolute Gasteiger partial charge is 0.335 e. The van der Waals surface area contributed by atoms with Gasteiger partial charge in [0.25, 0.3) is 0 Å². The van der Waals surface area contributed by atoms with Crippen LogP contribution in [0.4, 0.5) is 0 Å². The number of aromatic carboxylic acids is 1. The predicted molar refractivity (Wildman–Crippen MR) is 211 cm³/mol. The van der Waals surface area contributed by atoms with Gasteiger partial charge >= 0.3 is 5.97 Å². The van der Waals surface area contributed by atoms with Crippen molar-refractivity contribution in [2.45, 2.75) is 111 Å². The molecule has 52 heavy (non-hydrogen) atoms. The largest absolute Gasteiger partial charge is 0.478 e. The van der Waals surface area contributed by atoms with Gasteiger partial charge in [-0.1, -0.05) is 80.0 Å². The van der Waals surface area contributed by atoms with Crippen LogP contribution in [0.3, 0.4) is 0 Å². The molecular formula is C43H67N3O5S. The van der Waals surface area contributed by atoms with Crippen molar-refractivity contribution in [3.05, 3.63) is 41.5 Å². The van der Waals surface area contributed by atoms with Crippen LogP contribution >= 0.6 is 0 Å². The fraction of sp³-hybridized carbons (Fsp3) is 0.767. The molecule has 0 aromatic heterocycles. The lowest BCUT2D eigenvalue weighted by atomic mass is 9.39. The summed E-state index contributed by atoms with van der Waals surface area (Å²) in [7, 11) is -2.91. The van der Waals surface area contributed by atoms with E-state index in [1.165, 1.54) is 12.0 Å². The van der Waals surface area contributed by atoms with E-state index in [0.29, 0.717) is 42.3 Å². The Kier molecular flexibility index (Phi) is 10.8. The number of benzene rings is 1. The number of carbonyl (C=O) groups is 1. The highest BCUT2D eigenvalue weighted by Crippen LogP contribution is 2.69. The number of aliphatic hydroxyl groups is 1. The molecule has 0 radical (unpaired) electrons. The summed E-state index contributed by atoms with van der Waals surface area (Å²) < 4.78 is 24.1. The number of carboxylic acids is 1. The van der Waals surface area contributed by atoms with Crippen LogP contribution in [0.5, 0.6) is 0 Å². The summed E-state index contributed by atoms with van der Waals surface area (Å²) in [5.41, 5.74) is 2.56. The number of hydrogen-bond acceptors (Lipinski definition) is 7. The summed E-state index contributed by atoms with van der Waals surface area (Å²) in [5.74, 6) is 1.98. The maximum Gasteiger partial charge on any atom is 0.335 e. The molecule has 9 heteroatoms. The van der Waals surface area contributed by atoms with Gasteiger partial charge in [-0.25, -0.2) is 13.2 Å². The molecule has 2 heterocycles. The predicted octanol–water partition coefficient (Wildman–Crippen LogP) is 7.23. The summed E-state index contributed by atoms with van der Waals surface area (Å²) in [4.78, 5) is 19.0. The Bertz CT molecular complexity index is 1630. The highest BCUT2D eigenvalue weighted by atomic mass is 32.2. The van der Waals surface area contributed by atoms with Crippen molar-refractivity contribution in [3.8, 4) is 0 Å². The Morgan fingerprint density at radius 3 is 2.21 bits per heavy atom. The summed E-state index contributed by atoms with van der Waals surface area (Å²) in [6, 6.07) is 7.48. The molecule has 1 aromatic rings. The van der Waals surface area contributed by atoms with Crippen LogP contribution in [0.2, 0.25) is 0 Å². The highest BCUT2D eigenvalue weighted by Gasteiger charge is 2.67. The van der Waals surface area contributed by atoms with E-state index in [-0.39, 0.29) is 57.3 Å². The van der Waals surface area contributed by atoms with Crippen LogP contribution < -0.4 is 5.32 Å². The van der Waals surface area contributed by atoms with Gasteiger partial charge in [0, 0.05) is 56.4 Å². The van der Waals surface area contributed by atoms with Crippen LogP contribution in [-0.4, -0.2) is 91.1 Å². The monoisotopic (exact) mass is 737 g/mol. The van der Waals surface area contributed by atoms with Crippen LogP contribution in [0.15, 0.2) is 35.3 Å². The molecule has 8 nitrogen and oxygen atoms in total. The van der Waals surface area contributed by atoms with Gasteiger partial charge in [0.1, 0.15) is 5.54 Å². The SMILES string of the molecule is CCC1C(C)(C)C(c2ccc(C(=O)O)cc2)=CCC1(C)C1CCC2C(C3(C(C)CO)C=N3)C(CC)(NCCN3CCS(=O)(=O)CC3)CCC2(C)C1C. The lowest BCUT2D eigenvalue weighted by Crippen LogP contribution is -2.68. The molecule has 10 atom stereocenters. The highest BCUT2D eigenvalue weighted by molar-refractivity contribution is 7.91. The second-order valence-electron chi connectivity index (χ2n) is 18.6. The van der Waals surface area contributed by atoms with Gasteiger partial charge in [0.2, 0.25) is 0 Å². The summed E-state index contributed by atoms with van der Waals surface area (Å²) in [5, 5.41) is 24.2. The second-order valence-corrected chi connectivity index (χ2v) is 20.9. The van der Waals surface area contributed by atoms with E-state index in [1.54, 1.807) is 12.1 Å². The van der Waals surface area contributed by atoms with Crippen molar-refractivity contribution in [1.29, 1.82) is 0 Å². The van der Waals surface area contributed by atoms with E-state index < -0.39 is 15.8 Å². The third-order valence-electron chi connectivity index (χ3n) is 16.2. The minimum atomic E-state index is -2.91. The van der Waals surface area contributed by atoms with Gasteiger partial charge in [-0.05, 0) is 102 Å². The third-order valence-corrected chi connectivity index (χ3v) is 17.8. The lowest BCUT2D eigenvalue weighted by molar-refractivity contribution is -0.147. The number of hydrogen-bond donors (Lipinski definition) is 3. The molecule has 10 unspecified atom stereocenters. The minimum Gasteiger partial charge on any atom is -0.478 e. The zero-order chi connectivity index (χ0) is 37.9. The Hall–Kier alpha value is -2.07. The topological polar surface area (TPSA) is 119 Å². The van der Waals surface area contributed by atoms with E-state index in [0.717, 1.165) is 57.2 Å². The molecule has 0 bridgehead atoms. The molecule has 2 aliphatic heterocycles. The first kappa shape index (κ1) is 39.6. The number of nitrogens with zero attached hydrogens (tertiary/aromatic N) is 2. The van der Waals surface area contributed by atoms with Gasteiger partial charge in [-0.3, -0.25) is 4.99 Å². The van der Waals surface area contributed by atoms with Crippen LogP contribution in [0, 0.1) is 51.8 Å². The Morgan fingerprint density at radius 2 is 1.65 bits per heavy atom. The normalized spacial score (nSPS) is 40.4. The van der Waals surface area contributed by atoms with E-state index in [2.05, 4.69) is 77.9 Å². The van der Waals surface area contributed by atoms with Crippen LogP contribution in [0.1, 0.15) is 116 Å². The number of rotatable bonds is 12. The molecule has 3 N–H and O–H groups in total. The Morgan fingerprint density at radius 1 is 1.02 bits per heavy atom. The maximum atomic E-state index is 12.1. The first-order valence-electron chi connectivity index (χ1n) is 20.3. The number of aliphatic imine (C=N–C) groups is 1. The van der Waals surface area contributed by atoms with Crippen molar-refractivity contribution >= 4 is 27.6 Å². The van der Waals surface area contributed by atoms with E-state index in [4.69, 9.17) is 4.99 Å². The lowest BCUT2D eigenvalue weighted by Gasteiger charge is -2.66. The Balaban J connectivity index is 1.28. The molecule has 1 saturated heterocycles. The Labute approximate surface area is 314 Å². The average molecular weight is 738 g/mol. The van der Waals surface area contributed by atoms with Crippen molar-refractivity contribution < 1.29 is 23.4 Å². The van der Waals surface area contributed by atoms with Crippen molar-refractivity contribution in [2.24, 2.45) is 56.7 Å². The summed E-state index contributed by atoms with van der Waals surface area (Å²) in [6.45, 7) is 22.5. The van der Waals surface area contributed by atoms with Gasteiger partial charge < -0.3 is 20.4 Å². The average Bonchev–Trinajstić information content (AvgIpc) is 3.91. The molecule has 290 valence electrons. The van der Waals surface area contributed by atoms with Gasteiger partial charge in [0.15, 0.2) is 9.84 Å². The minimum absolute atomic E-state index is 0.0576.